The van der Waals surface area contributed by atoms with Crippen LogP contribution in [0.1, 0.15) is 103 Å². The quantitative estimate of drug-likeness (QED) is 0.261. The van der Waals surface area contributed by atoms with E-state index in [0.717, 1.165) is 25.7 Å². The van der Waals surface area contributed by atoms with Gasteiger partial charge in [-0.3, -0.25) is 4.79 Å². The number of carbonyl (C=O) groups is 1. The fourth-order valence-electron chi connectivity index (χ4n) is 2.64. The van der Waals surface area contributed by atoms with Gasteiger partial charge in [0.1, 0.15) is 0 Å². The minimum absolute atomic E-state index is 0.324. The molecule has 0 unspecified atom stereocenters. The monoisotopic (exact) mass is 296 g/mol. The summed E-state index contributed by atoms with van der Waals surface area (Å²) in [5, 5.41) is 8.54. The summed E-state index contributed by atoms with van der Waals surface area (Å²) >= 11 is 0. The molecule has 0 aromatic heterocycles. The van der Waals surface area contributed by atoms with Gasteiger partial charge in [0.15, 0.2) is 0 Å². The summed E-state index contributed by atoms with van der Waals surface area (Å²) in [6.45, 7) is 6.44. The van der Waals surface area contributed by atoms with Gasteiger partial charge in [-0.1, -0.05) is 76.9 Å². The number of unbranched alkanes of at least 4 members (excludes halogenated alkanes) is 10. The summed E-state index contributed by atoms with van der Waals surface area (Å²) in [6.07, 6.45) is 17.7. The third-order valence-corrected chi connectivity index (χ3v) is 4.05. The molecule has 0 bridgehead atoms. The number of rotatable bonds is 16. The van der Waals surface area contributed by atoms with Crippen LogP contribution in [0, 0.1) is 0 Å². The number of hydrogen-bond acceptors (Lipinski definition) is 1. The second-order valence-electron chi connectivity index (χ2n) is 6.28. The minimum atomic E-state index is -0.668. The summed E-state index contributed by atoms with van der Waals surface area (Å²) < 4.78 is 0. The Morgan fingerprint density at radius 2 is 1.10 bits per heavy atom. The van der Waals surface area contributed by atoms with Crippen molar-refractivity contribution in [2.45, 2.75) is 103 Å². The van der Waals surface area contributed by atoms with Crippen molar-refractivity contribution in [1.29, 1.82) is 0 Å². The van der Waals surface area contributed by atoms with Crippen LogP contribution in [0.4, 0.5) is 0 Å². The molecule has 1 N–H and O–H groups in total. The maximum absolute atomic E-state index is 10.4. The highest BCUT2D eigenvalue weighted by Crippen LogP contribution is 2.16. The number of carboxylic acids is 1. The molecule has 0 aliphatic rings. The lowest BCUT2D eigenvalue weighted by atomic mass is 10.0. The molecule has 0 aromatic rings. The first-order valence-corrected chi connectivity index (χ1v) is 9.05. The SMILES string of the molecule is C=C(CCCCCCCCC)CCCCCCCC(=O)O. The first-order chi connectivity index (χ1) is 10.2. The van der Waals surface area contributed by atoms with E-state index in [9.17, 15) is 4.79 Å². The summed E-state index contributed by atoms with van der Waals surface area (Å²) in [5.74, 6) is -0.668. The Hall–Kier alpha value is -0.790. The standard InChI is InChI=1S/C19H36O2/c1-3-4-5-6-7-9-12-15-18(2)16-13-10-8-11-14-17-19(20)21/h2-17H2,1H3,(H,20,21). The number of hydrogen-bond donors (Lipinski definition) is 1. The van der Waals surface area contributed by atoms with Crippen LogP contribution in [0.25, 0.3) is 0 Å². The van der Waals surface area contributed by atoms with E-state index in [4.69, 9.17) is 5.11 Å². The van der Waals surface area contributed by atoms with Gasteiger partial charge in [0.05, 0.1) is 0 Å². The highest BCUT2D eigenvalue weighted by Gasteiger charge is 1.98. The fourth-order valence-corrected chi connectivity index (χ4v) is 2.64. The van der Waals surface area contributed by atoms with E-state index >= 15 is 0 Å². The molecule has 0 saturated carbocycles. The maximum Gasteiger partial charge on any atom is 0.303 e. The molecular weight excluding hydrogens is 260 g/mol. The van der Waals surface area contributed by atoms with E-state index in [1.807, 2.05) is 0 Å². The molecule has 0 atom stereocenters. The highest BCUT2D eigenvalue weighted by atomic mass is 16.4. The van der Waals surface area contributed by atoms with E-state index in [1.165, 1.54) is 69.8 Å². The predicted molar refractivity (Wildman–Crippen MR) is 91.7 cm³/mol. The molecule has 0 heterocycles. The second kappa shape index (κ2) is 15.6. The van der Waals surface area contributed by atoms with Gasteiger partial charge in [0.2, 0.25) is 0 Å². The second-order valence-corrected chi connectivity index (χ2v) is 6.28. The zero-order chi connectivity index (χ0) is 15.8. The summed E-state index contributed by atoms with van der Waals surface area (Å²) in [4.78, 5) is 10.4. The first-order valence-electron chi connectivity index (χ1n) is 9.05. The van der Waals surface area contributed by atoms with E-state index in [2.05, 4.69) is 13.5 Å². The van der Waals surface area contributed by atoms with Crippen molar-refractivity contribution >= 4 is 5.97 Å². The smallest absolute Gasteiger partial charge is 0.303 e. The van der Waals surface area contributed by atoms with Gasteiger partial charge < -0.3 is 5.11 Å². The van der Waals surface area contributed by atoms with Crippen LogP contribution in [0.2, 0.25) is 0 Å². The summed E-state index contributed by atoms with van der Waals surface area (Å²) in [6, 6.07) is 0. The zero-order valence-electron chi connectivity index (χ0n) is 14.2. The van der Waals surface area contributed by atoms with Crippen molar-refractivity contribution in [1.82, 2.24) is 0 Å². The molecular formula is C19H36O2. The average Bonchev–Trinajstić information content (AvgIpc) is 2.45. The van der Waals surface area contributed by atoms with Crippen molar-refractivity contribution < 1.29 is 9.90 Å². The Kier molecular flexibility index (Phi) is 15.0. The normalized spacial score (nSPS) is 10.7. The molecule has 0 rings (SSSR count). The van der Waals surface area contributed by atoms with Crippen LogP contribution in [0.15, 0.2) is 12.2 Å². The zero-order valence-corrected chi connectivity index (χ0v) is 14.2. The summed E-state index contributed by atoms with van der Waals surface area (Å²) in [5.41, 5.74) is 1.41. The Bertz CT molecular complexity index is 258. The largest absolute Gasteiger partial charge is 0.481 e. The van der Waals surface area contributed by atoms with Gasteiger partial charge in [-0.25, -0.2) is 0 Å². The molecule has 2 nitrogen and oxygen atoms in total. The highest BCUT2D eigenvalue weighted by molar-refractivity contribution is 5.66. The fraction of sp³-hybridized carbons (Fsp3) is 0.842. The Morgan fingerprint density at radius 3 is 1.52 bits per heavy atom. The van der Waals surface area contributed by atoms with Crippen LogP contribution in [0.5, 0.6) is 0 Å². The molecule has 0 aromatic carbocycles. The third-order valence-electron chi connectivity index (χ3n) is 4.05. The van der Waals surface area contributed by atoms with E-state index in [1.54, 1.807) is 0 Å². The number of aliphatic carboxylic acids is 1. The van der Waals surface area contributed by atoms with Crippen LogP contribution >= 0.6 is 0 Å². The lowest BCUT2D eigenvalue weighted by Gasteiger charge is -2.06. The Morgan fingerprint density at radius 1 is 0.714 bits per heavy atom. The van der Waals surface area contributed by atoms with Crippen LogP contribution in [-0.4, -0.2) is 11.1 Å². The molecule has 0 aliphatic heterocycles. The van der Waals surface area contributed by atoms with Crippen molar-refractivity contribution in [3.05, 3.63) is 12.2 Å². The molecule has 21 heavy (non-hydrogen) atoms. The van der Waals surface area contributed by atoms with Gasteiger partial charge in [-0.2, -0.15) is 0 Å². The molecule has 0 saturated heterocycles. The Balaban J connectivity index is 3.18. The van der Waals surface area contributed by atoms with Crippen molar-refractivity contribution in [3.8, 4) is 0 Å². The molecule has 0 spiro atoms. The molecule has 124 valence electrons. The molecule has 0 amide bonds. The van der Waals surface area contributed by atoms with Gasteiger partial charge >= 0.3 is 5.97 Å². The third kappa shape index (κ3) is 17.2. The van der Waals surface area contributed by atoms with Gasteiger partial charge in [0, 0.05) is 6.42 Å². The summed E-state index contributed by atoms with van der Waals surface area (Å²) in [7, 11) is 0. The van der Waals surface area contributed by atoms with Crippen molar-refractivity contribution in [2.24, 2.45) is 0 Å². The van der Waals surface area contributed by atoms with Crippen molar-refractivity contribution in [3.63, 3.8) is 0 Å². The van der Waals surface area contributed by atoms with Crippen molar-refractivity contribution in [2.75, 3.05) is 0 Å². The number of allylic oxidation sites excluding steroid dienone is 1. The molecule has 0 aliphatic carbocycles. The molecule has 2 heteroatoms. The van der Waals surface area contributed by atoms with Gasteiger partial charge in [-0.15, -0.1) is 0 Å². The van der Waals surface area contributed by atoms with Crippen LogP contribution in [0.3, 0.4) is 0 Å². The predicted octanol–water partition coefficient (Wildman–Crippen LogP) is 6.50. The van der Waals surface area contributed by atoms with E-state index < -0.39 is 5.97 Å². The lowest BCUT2D eigenvalue weighted by molar-refractivity contribution is -0.137. The topological polar surface area (TPSA) is 37.3 Å². The van der Waals surface area contributed by atoms with Gasteiger partial charge in [-0.05, 0) is 32.1 Å². The Labute approximate surface area is 132 Å². The number of carboxylic acid groups (broad SMARTS) is 1. The van der Waals surface area contributed by atoms with Crippen LogP contribution in [-0.2, 0) is 4.79 Å². The maximum atomic E-state index is 10.4. The lowest BCUT2D eigenvalue weighted by Crippen LogP contribution is -1.93. The first kappa shape index (κ1) is 20.2. The van der Waals surface area contributed by atoms with E-state index in [0.29, 0.717) is 6.42 Å². The average molecular weight is 296 g/mol. The molecule has 0 fully saturated rings. The van der Waals surface area contributed by atoms with Gasteiger partial charge in [0.25, 0.3) is 0 Å². The molecule has 0 radical (unpaired) electrons. The minimum Gasteiger partial charge on any atom is -0.481 e. The van der Waals surface area contributed by atoms with E-state index in [-0.39, 0.29) is 0 Å². The van der Waals surface area contributed by atoms with Crippen LogP contribution < -0.4 is 0 Å².